The van der Waals surface area contributed by atoms with Crippen molar-refractivity contribution in [3.8, 4) is 0 Å². The highest BCUT2D eigenvalue weighted by Gasteiger charge is 2.32. The molecule has 0 aliphatic heterocycles. The number of allylic oxidation sites excluding steroid dienone is 7. The molecule has 3 aromatic carbocycles. The van der Waals surface area contributed by atoms with Crippen LogP contribution in [0.1, 0.15) is 70.7 Å². The fourth-order valence-corrected chi connectivity index (χ4v) is 9.02. The molecule has 1 heteroatoms. The summed E-state index contributed by atoms with van der Waals surface area (Å²) in [5.41, 5.74) is 9.28. The molecule has 0 saturated carbocycles. The molecule has 0 N–H and O–H groups in total. The van der Waals surface area contributed by atoms with Crippen molar-refractivity contribution >= 4 is 43.8 Å². The summed E-state index contributed by atoms with van der Waals surface area (Å²) in [7, 11) is 0. The van der Waals surface area contributed by atoms with Crippen molar-refractivity contribution in [3.63, 3.8) is 0 Å². The van der Waals surface area contributed by atoms with Gasteiger partial charge in [0.25, 0.3) is 0 Å². The van der Waals surface area contributed by atoms with E-state index >= 15 is 0 Å². The molecule has 1 heterocycles. The van der Waals surface area contributed by atoms with Gasteiger partial charge in [-0.25, -0.2) is 0 Å². The molecule has 0 fully saturated rings. The van der Waals surface area contributed by atoms with Gasteiger partial charge in [-0.05, 0) is 106 Å². The standard InChI is InChI=1S/C36H32S/c1-2-11-24-22-25(21-20-23(24)10-1)34-27-13-3-5-15-29(27)35(30-16-6-4-14-28(30)34)32-18-9-17-31-26-12-7-8-19-33(26)37-36(31)32/h1,3-5,7-8,10,12-15,19-24,32H,2,6,9,11,16-18H2. The Labute approximate surface area is 223 Å². The van der Waals surface area contributed by atoms with E-state index in [1.54, 1.807) is 21.6 Å². The number of aryl methyl sites for hydroxylation is 1. The van der Waals surface area contributed by atoms with Gasteiger partial charge >= 0.3 is 0 Å². The highest BCUT2D eigenvalue weighted by Crippen LogP contribution is 2.50. The summed E-state index contributed by atoms with van der Waals surface area (Å²) in [6, 6.07) is 18.4. The minimum absolute atomic E-state index is 0.504. The van der Waals surface area contributed by atoms with E-state index in [1.807, 2.05) is 0 Å². The van der Waals surface area contributed by atoms with E-state index in [9.17, 15) is 0 Å². The smallest absolute Gasteiger partial charge is 0.0348 e. The largest absolute Gasteiger partial charge is 0.139 e. The monoisotopic (exact) mass is 496 g/mol. The van der Waals surface area contributed by atoms with E-state index in [2.05, 4.69) is 102 Å². The third-order valence-electron chi connectivity index (χ3n) is 9.27. The topological polar surface area (TPSA) is 0 Å². The van der Waals surface area contributed by atoms with Crippen molar-refractivity contribution in [2.24, 2.45) is 11.8 Å². The third-order valence-corrected chi connectivity index (χ3v) is 10.6. The fourth-order valence-electron chi connectivity index (χ4n) is 7.62. The molecule has 0 spiro atoms. The lowest BCUT2D eigenvalue weighted by atomic mass is 9.73. The van der Waals surface area contributed by atoms with Crippen LogP contribution in [0.2, 0.25) is 0 Å². The molecule has 3 atom stereocenters. The van der Waals surface area contributed by atoms with Crippen LogP contribution in [-0.4, -0.2) is 0 Å². The lowest BCUT2D eigenvalue weighted by molar-refractivity contribution is 0.493. The van der Waals surface area contributed by atoms with Gasteiger partial charge in [0.2, 0.25) is 0 Å². The predicted octanol–water partition coefficient (Wildman–Crippen LogP) is 10.0. The first kappa shape index (κ1) is 21.9. The molecule has 4 aliphatic carbocycles. The first-order chi connectivity index (χ1) is 18.4. The van der Waals surface area contributed by atoms with Gasteiger partial charge in [-0.15, -0.1) is 11.3 Å². The van der Waals surface area contributed by atoms with Crippen molar-refractivity contribution in [2.45, 2.75) is 50.9 Å². The number of thiophene rings is 1. The van der Waals surface area contributed by atoms with Crippen molar-refractivity contribution in [3.05, 3.63) is 118 Å². The highest BCUT2D eigenvalue weighted by atomic mass is 32.1. The Morgan fingerprint density at radius 1 is 0.730 bits per heavy atom. The van der Waals surface area contributed by atoms with Crippen LogP contribution in [0.4, 0.5) is 0 Å². The van der Waals surface area contributed by atoms with Gasteiger partial charge in [-0.2, -0.15) is 0 Å². The van der Waals surface area contributed by atoms with E-state index < -0.39 is 0 Å². The first-order valence-corrected chi connectivity index (χ1v) is 15.0. The molecule has 1 aromatic heterocycles. The molecule has 37 heavy (non-hydrogen) atoms. The van der Waals surface area contributed by atoms with E-state index in [0.29, 0.717) is 17.8 Å². The predicted molar refractivity (Wildman–Crippen MR) is 160 cm³/mol. The van der Waals surface area contributed by atoms with Crippen molar-refractivity contribution < 1.29 is 0 Å². The van der Waals surface area contributed by atoms with E-state index in [-0.39, 0.29) is 0 Å². The minimum Gasteiger partial charge on any atom is -0.139 e. The normalized spacial score (nSPS) is 24.1. The zero-order chi connectivity index (χ0) is 24.3. The highest BCUT2D eigenvalue weighted by molar-refractivity contribution is 7.19. The summed E-state index contributed by atoms with van der Waals surface area (Å²) in [6.45, 7) is 0. The molecule has 0 saturated heterocycles. The molecular weight excluding hydrogens is 464 g/mol. The molecule has 8 rings (SSSR count). The fraction of sp³-hybridized carbons (Fsp3) is 0.278. The van der Waals surface area contributed by atoms with Crippen molar-refractivity contribution in [2.75, 3.05) is 0 Å². The number of benzene rings is 3. The summed E-state index contributed by atoms with van der Waals surface area (Å²) in [6.07, 6.45) is 25.7. The molecule has 182 valence electrons. The minimum atomic E-state index is 0.504. The van der Waals surface area contributed by atoms with Gasteiger partial charge in [0.1, 0.15) is 0 Å². The SMILES string of the molecule is C1=Cc2c(c(C3CCCc4c3sc3ccccc43)c3ccccc3c2C2=CC3CCC=CC3C=C2)CC1. The zero-order valence-electron chi connectivity index (χ0n) is 21.3. The second-order valence-electron chi connectivity index (χ2n) is 11.3. The van der Waals surface area contributed by atoms with Crippen LogP contribution in [-0.2, 0) is 12.8 Å². The Hall–Kier alpha value is -3.16. The number of rotatable bonds is 2. The summed E-state index contributed by atoms with van der Waals surface area (Å²) in [4.78, 5) is 1.63. The van der Waals surface area contributed by atoms with Gasteiger partial charge in [0, 0.05) is 21.4 Å². The second kappa shape index (κ2) is 8.71. The third kappa shape index (κ3) is 3.40. The van der Waals surface area contributed by atoms with Crippen LogP contribution in [0.5, 0.6) is 0 Å². The Balaban J connectivity index is 1.38. The Bertz CT molecular complexity index is 1670. The van der Waals surface area contributed by atoms with Gasteiger partial charge in [0.05, 0.1) is 0 Å². The Morgan fingerprint density at radius 3 is 2.54 bits per heavy atom. The van der Waals surface area contributed by atoms with Crippen molar-refractivity contribution in [1.29, 1.82) is 0 Å². The molecular formula is C36H32S. The van der Waals surface area contributed by atoms with Crippen LogP contribution in [0.15, 0.2) is 85.0 Å². The van der Waals surface area contributed by atoms with Gasteiger partial charge < -0.3 is 0 Å². The van der Waals surface area contributed by atoms with Crippen molar-refractivity contribution in [1.82, 2.24) is 0 Å². The summed E-state index contributed by atoms with van der Waals surface area (Å²) < 4.78 is 1.46. The quantitative estimate of drug-likeness (QED) is 0.242. The molecule has 4 aliphatic rings. The first-order valence-electron chi connectivity index (χ1n) is 14.2. The second-order valence-corrected chi connectivity index (χ2v) is 12.4. The lowest BCUT2D eigenvalue weighted by Crippen LogP contribution is -2.16. The molecule has 3 unspecified atom stereocenters. The summed E-state index contributed by atoms with van der Waals surface area (Å²) in [5.74, 6) is 1.71. The maximum absolute atomic E-state index is 2.60. The van der Waals surface area contributed by atoms with E-state index in [0.717, 1.165) is 12.8 Å². The van der Waals surface area contributed by atoms with E-state index in [1.165, 1.54) is 69.7 Å². The van der Waals surface area contributed by atoms with Gasteiger partial charge in [-0.3, -0.25) is 0 Å². The maximum Gasteiger partial charge on any atom is 0.0348 e. The average molecular weight is 497 g/mol. The Morgan fingerprint density at radius 2 is 1.59 bits per heavy atom. The van der Waals surface area contributed by atoms with Gasteiger partial charge in [0.15, 0.2) is 0 Å². The molecule has 0 bridgehead atoms. The summed E-state index contributed by atoms with van der Waals surface area (Å²) >= 11 is 2.06. The zero-order valence-corrected chi connectivity index (χ0v) is 22.1. The Kier molecular flexibility index (Phi) is 5.15. The van der Waals surface area contributed by atoms with Crippen LogP contribution in [0.25, 0.3) is 32.5 Å². The lowest BCUT2D eigenvalue weighted by Gasteiger charge is -2.32. The average Bonchev–Trinajstić information content (AvgIpc) is 3.35. The summed E-state index contributed by atoms with van der Waals surface area (Å²) in [5, 5.41) is 4.43. The number of hydrogen-bond donors (Lipinski definition) is 0. The molecule has 4 aromatic rings. The molecule has 0 radical (unpaired) electrons. The number of hydrogen-bond acceptors (Lipinski definition) is 1. The molecule has 0 amide bonds. The van der Waals surface area contributed by atoms with Crippen LogP contribution in [0.3, 0.4) is 0 Å². The van der Waals surface area contributed by atoms with Crippen LogP contribution < -0.4 is 0 Å². The molecule has 0 nitrogen and oxygen atoms in total. The van der Waals surface area contributed by atoms with Gasteiger partial charge in [-0.1, -0.05) is 85.0 Å². The maximum atomic E-state index is 2.60. The number of fused-ring (bicyclic) bond motifs is 6. The van der Waals surface area contributed by atoms with E-state index in [4.69, 9.17) is 0 Å². The van der Waals surface area contributed by atoms with Crippen LogP contribution in [0, 0.1) is 11.8 Å². The van der Waals surface area contributed by atoms with Crippen LogP contribution >= 0.6 is 11.3 Å².